The van der Waals surface area contributed by atoms with Crippen LogP contribution >= 0.6 is 23.2 Å². The van der Waals surface area contributed by atoms with E-state index in [1.165, 1.54) is 30.3 Å². The van der Waals surface area contributed by atoms with Crippen molar-refractivity contribution in [1.29, 1.82) is 0 Å². The lowest BCUT2D eigenvalue weighted by Crippen LogP contribution is -2.09. The van der Waals surface area contributed by atoms with Crippen molar-refractivity contribution in [2.75, 3.05) is 6.61 Å². The number of phenolic OH excluding ortho intramolecular Hbond substituents is 1. The van der Waals surface area contributed by atoms with Crippen LogP contribution in [0.5, 0.6) is 11.5 Å². The number of rotatable bonds is 6. The maximum absolute atomic E-state index is 13.8. The van der Waals surface area contributed by atoms with E-state index in [4.69, 9.17) is 33.0 Å². The zero-order valence-corrected chi connectivity index (χ0v) is 17.5. The van der Waals surface area contributed by atoms with Gasteiger partial charge in [-0.25, -0.2) is 9.18 Å². The highest BCUT2D eigenvalue weighted by Crippen LogP contribution is 2.38. The first-order chi connectivity index (χ1) is 14.9. The Kier molecular flexibility index (Phi) is 6.85. The van der Waals surface area contributed by atoms with Gasteiger partial charge in [0, 0.05) is 22.0 Å². The molecule has 0 aromatic heterocycles. The number of carboxylic acid groups (broad SMARTS) is 1. The Morgan fingerprint density at radius 1 is 1.00 bits per heavy atom. The second kappa shape index (κ2) is 9.26. The minimum Gasteiger partial charge on any atom is -0.507 e. The number of aromatic hydroxyl groups is 1. The smallest absolute Gasteiger partial charge is 0.416 e. The molecule has 0 spiro atoms. The zero-order chi connectivity index (χ0) is 23.6. The van der Waals surface area contributed by atoms with E-state index in [0.717, 1.165) is 12.1 Å². The summed E-state index contributed by atoms with van der Waals surface area (Å²) in [7, 11) is 0. The summed E-state index contributed by atoms with van der Waals surface area (Å²) in [6.07, 6.45) is -4.62. The first kappa shape index (κ1) is 23.7. The van der Waals surface area contributed by atoms with E-state index >= 15 is 0 Å². The standard InChI is InChI=1S/C22H14Cl2F4O4/c23-18-8-15(32-10-21(30)31)9-19(24)17(18)4-11-1-2-20(29)16(3-11)12-5-13(22(26,27)28)7-14(25)6-12/h1-3,5-9,29H,4,10H2,(H,30,31). The van der Waals surface area contributed by atoms with Gasteiger partial charge in [0.1, 0.15) is 17.3 Å². The van der Waals surface area contributed by atoms with Gasteiger partial charge in [0.2, 0.25) is 0 Å². The van der Waals surface area contributed by atoms with Crippen LogP contribution in [0.4, 0.5) is 17.6 Å². The molecule has 0 bridgehead atoms. The van der Waals surface area contributed by atoms with Crippen molar-refractivity contribution in [1.82, 2.24) is 0 Å². The van der Waals surface area contributed by atoms with Gasteiger partial charge in [-0.2, -0.15) is 13.2 Å². The summed E-state index contributed by atoms with van der Waals surface area (Å²) >= 11 is 12.5. The van der Waals surface area contributed by atoms with E-state index in [0.29, 0.717) is 17.2 Å². The Morgan fingerprint density at radius 2 is 1.66 bits per heavy atom. The average molecular weight is 489 g/mol. The van der Waals surface area contributed by atoms with E-state index in [2.05, 4.69) is 0 Å². The summed E-state index contributed by atoms with van der Waals surface area (Å²) in [5.74, 6) is -2.45. The lowest BCUT2D eigenvalue weighted by molar-refractivity contribution is -0.139. The van der Waals surface area contributed by atoms with Gasteiger partial charge in [-0.05, 0) is 59.2 Å². The van der Waals surface area contributed by atoms with Crippen LogP contribution in [-0.2, 0) is 17.4 Å². The van der Waals surface area contributed by atoms with Gasteiger partial charge in [-0.3, -0.25) is 0 Å². The predicted octanol–water partition coefficient (Wildman–Crippen LogP) is 6.58. The van der Waals surface area contributed by atoms with Crippen molar-refractivity contribution < 1.29 is 37.3 Å². The van der Waals surface area contributed by atoms with Crippen LogP contribution in [0.3, 0.4) is 0 Å². The molecular formula is C22H14Cl2F4O4. The number of alkyl halides is 3. The monoisotopic (exact) mass is 488 g/mol. The summed E-state index contributed by atoms with van der Waals surface area (Å²) in [6.45, 7) is -0.582. The molecule has 10 heteroatoms. The molecule has 32 heavy (non-hydrogen) atoms. The van der Waals surface area contributed by atoms with Gasteiger partial charge in [-0.15, -0.1) is 0 Å². The Balaban J connectivity index is 1.95. The third-order valence-corrected chi connectivity index (χ3v) is 5.13. The Hall–Kier alpha value is -2.97. The van der Waals surface area contributed by atoms with E-state index < -0.39 is 30.1 Å². The first-order valence-electron chi connectivity index (χ1n) is 8.96. The van der Waals surface area contributed by atoms with Crippen molar-refractivity contribution in [2.45, 2.75) is 12.6 Å². The van der Waals surface area contributed by atoms with Gasteiger partial charge in [0.05, 0.1) is 5.56 Å². The molecule has 0 saturated carbocycles. The molecule has 3 aromatic rings. The largest absolute Gasteiger partial charge is 0.507 e. The summed E-state index contributed by atoms with van der Waals surface area (Å²) in [6, 6.07) is 8.98. The fourth-order valence-electron chi connectivity index (χ4n) is 3.01. The highest BCUT2D eigenvalue weighted by atomic mass is 35.5. The van der Waals surface area contributed by atoms with Crippen molar-refractivity contribution in [3.63, 3.8) is 0 Å². The first-order valence-corrected chi connectivity index (χ1v) is 9.72. The van der Waals surface area contributed by atoms with Crippen molar-refractivity contribution in [2.24, 2.45) is 0 Å². The summed E-state index contributed by atoms with van der Waals surface area (Å²) in [5.41, 5.74) is -0.353. The number of ether oxygens (including phenoxy) is 1. The van der Waals surface area contributed by atoms with E-state index in [1.807, 2.05) is 0 Å². The Morgan fingerprint density at radius 3 is 2.25 bits per heavy atom. The highest BCUT2D eigenvalue weighted by Gasteiger charge is 2.31. The summed E-state index contributed by atoms with van der Waals surface area (Å²) in [5, 5.41) is 19.2. The summed E-state index contributed by atoms with van der Waals surface area (Å²) in [4.78, 5) is 10.6. The molecule has 0 unspecified atom stereocenters. The topological polar surface area (TPSA) is 66.8 Å². The molecule has 3 aromatic carbocycles. The minimum atomic E-state index is -4.75. The lowest BCUT2D eigenvalue weighted by Gasteiger charge is -2.14. The quantitative estimate of drug-likeness (QED) is 0.384. The molecule has 0 heterocycles. The maximum atomic E-state index is 13.8. The number of aliphatic carboxylic acids is 1. The lowest BCUT2D eigenvalue weighted by atomic mass is 9.97. The minimum absolute atomic E-state index is 0.00107. The van der Waals surface area contributed by atoms with Crippen LogP contribution < -0.4 is 4.74 Å². The number of hydrogen-bond donors (Lipinski definition) is 2. The summed E-state index contributed by atoms with van der Waals surface area (Å²) < 4.78 is 58.0. The number of halogens is 6. The average Bonchev–Trinajstić information content (AvgIpc) is 2.69. The van der Waals surface area contributed by atoms with Gasteiger partial charge in [-0.1, -0.05) is 29.3 Å². The van der Waals surface area contributed by atoms with Gasteiger partial charge in [0.15, 0.2) is 6.61 Å². The molecule has 0 aliphatic carbocycles. The molecule has 0 fully saturated rings. The van der Waals surface area contributed by atoms with E-state index in [9.17, 15) is 27.5 Å². The molecule has 2 N–H and O–H groups in total. The molecule has 0 radical (unpaired) electrons. The molecule has 4 nitrogen and oxygen atoms in total. The normalized spacial score (nSPS) is 11.4. The molecule has 0 atom stereocenters. The number of phenols is 1. The number of carbonyl (C=O) groups is 1. The molecule has 0 amide bonds. The van der Waals surface area contributed by atoms with Crippen LogP contribution in [0.25, 0.3) is 11.1 Å². The Bertz CT molecular complexity index is 1160. The van der Waals surface area contributed by atoms with Gasteiger partial charge >= 0.3 is 12.1 Å². The third kappa shape index (κ3) is 5.63. The van der Waals surface area contributed by atoms with E-state index in [-0.39, 0.29) is 39.1 Å². The molecule has 3 rings (SSSR count). The van der Waals surface area contributed by atoms with E-state index in [1.54, 1.807) is 0 Å². The van der Waals surface area contributed by atoms with Gasteiger partial charge in [0.25, 0.3) is 0 Å². The third-order valence-electron chi connectivity index (χ3n) is 4.45. The van der Waals surface area contributed by atoms with Crippen LogP contribution in [-0.4, -0.2) is 22.8 Å². The van der Waals surface area contributed by atoms with Crippen LogP contribution in [0.2, 0.25) is 10.0 Å². The van der Waals surface area contributed by atoms with Gasteiger partial charge < -0.3 is 14.9 Å². The van der Waals surface area contributed by atoms with Crippen molar-refractivity contribution in [3.05, 3.63) is 81.1 Å². The van der Waals surface area contributed by atoms with Crippen molar-refractivity contribution >= 4 is 29.2 Å². The zero-order valence-electron chi connectivity index (χ0n) is 16.0. The fourth-order valence-corrected chi connectivity index (χ4v) is 3.62. The number of benzene rings is 3. The van der Waals surface area contributed by atoms with Crippen LogP contribution in [0.1, 0.15) is 16.7 Å². The number of hydrogen-bond acceptors (Lipinski definition) is 3. The second-order valence-electron chi connectivity index (χ2n) is 6.80. The van der Waals surface area contributed by atoms with Crippen molar-refractivity contribution in [3.8, 4) is 22.6 Å². The molecular weight excluding hydrogens is 475 g/mol. The number of carboxylic acids is 1. The highest BCUT2D eigenvalue weighted by molar-refractivity contribution is 6.36. The second-order valence-corrected chi connectivity index (χ2v) is 7.62. The fraction of sp³-hybridized carbons (Fsp3) is 0.136. The molecule has 0 saturated heterocycles. The molecule has 0 aliphatic rings. The molecule has 0 aliphatic heterocycles. The predicted molar refractivity (Wildman–Crippen MR) is 111 cm³/mol. The maximum Gasteiger partial charge on any atom is 0.416 e. The Labute approximate surface area is 189 Å². The molecule has 168 valence electrons. The van der Waals surface area contributed by atoms with Crippen LogP contribution in [0.15, 0.2) is 48.5 Å². The SMILES string of the molecule is O=C(O)COc1cc(Cl)c(Cc2ccc(O)c(-c3cc(F)cc(C(F)(F)F)c3)c2)c(Cl)c1. The van der Waals surface area contributed by atoms with Crippen LogP contribution in [0, 0.1) is 5.82 Å².